The number of halogens is 3. The van der Waals surface area contributed by atoms with Crippen LogP contribution in [0.25, 0.3) is 0 Å². The van der Waals surface area contributed by atoms with Crippen molar-refractivity contribution in [1.29, 1.82) is 0 Å². The summed E-state index contributed by atoms with van der Waals surface area (Å²) in [6.07, 6.45) is -2.02. The van der Waals surface area contributed by atoms with Crippen molar-refractivity contribution in [2.45, 2.75) is 19.1 Å². The third-order valence-corrected chi connectivity index (χ3v) is 4.92. The predicted octanol–water partition coefficient (Wildman–Crippen LogP) is 4.92. The summed E-state index contributed by atoms with van der Waals surface area (Å²) in [7, 11) is 0. The lowest BCUT2D eigenvalue weighted by molar-refractivity contribution is -0.137. The van der Waals surface area contributed by atoms with Crippen LogP contribution in [0.4, 0.5) is 24.5 Å². The van der Waals surface area contributed by atoms with E-state index in [1.54, 1.807) is 6.07 Å². The number of benzene rings is 2. The number of alkyl halides is 3. The lowest BCUT2D eigenvalue weighted by Gasteiger charge is -2.30. The summed E-state index contributed by atoms with van der Waals surface area (Å²) in [6, 6.07) is 16.3. The molecule has 3 aromatic rings. The predicted molar refractivity (Wildman–Crippen MR) is 105 cm³/mol. The molecule has 0 bridgehead atoms. The highest BCUT2D eigenvalue weighted by Crippen LogP contribution is 2.31. The van der Waals surface area contributed by atoms with Gasteiger partial charge in [-0.3, -0.25) is 9.78 Å². The van der Waals surface area contributed by atoms with Crippen molar-refractivity contribution < 1.29 is 18.0 Å². The van der Waals surface area contributed by atoms with Gasteiger partial charge in [-0.05, 0) is 47.9 Å². The van der Waals surface area contributed by atoms with Crippen LogP contribution in [-0.2, 0) is 19.1 Å². The van der Waals surface area contributed by atoms with Gasteiger partial charge in [0, 0.05) is 30.7 Å². The summed E-state index contributed by atoms with van der Waals surface area (Å²) in [4.78, 5) is 18.8. The maximum absolute atomic E-state index is 12.9. The molecule has 0 atom stereocenters. The number of amides is 1. The Hall–Kier alpha value is -3.35. The summed E-state index contributed by atoms with van der Waals surface area (Å²) in [5, 5.41) is 2.50. The lowest BCUT2D eigenvalue weighted by Crippen LogP contribution is -2.30. The van der Waals surface area contributed by atoms with Gasteiger partial charge in [0.2, 0.25) is 0 Å². The number of anilines is 2. The van der Waals surface area contributed by atoms with Crippen LogP contribution in [0.2, 0.25) is 0 Å². The van der Waals surface area contributed by atoms with Crippen LogP contribution in [-0.4, -0.2) is 17.4 Å². The van der Waals surface area contributed by atoms with Crippen molar-refractivity contribution in [3.8, 4) is 0 Å². The van der Waals surface area contributed by atoms with E-state index in [0.717, 1.165) is 37.3 Å². The van der Waals surface area contributed by atoms with Gasteiger partial charge in [-0.15, -0.1) is 0 Å². The number of nitrogens with one attached hydrogen (secondary N) is 1. The van der Waals surface area contributed by atoms with E-state index in [4.69, 9.17) is 0 Å². The number of fused-ring (bicyclic) bond motifs is 1. The van der Waals surface area contributed by atoms with Gasteiger partial charge in [-0.1, -0.05) is 30.3 Å². The summed E-state index contributed by atoms with van der Waals surface area (Å²) in [5.41, 5.74) is 2.82. The third kappa shape index (κ3) is 4.23. The number of pyridine rings is 1. The molecule has 0 spiro atoms. The van der Waals surface area contributed by atoms with E-state index in [1.165, 1.54) is 29.5 Å². The molecule has 0 saturated carbocycles. The van der Waals surface area contributed by atoms with Gasteiger partial charge in [-0.25, -0.2) is 0 Å². The molecule has 0 radical (unpaired) electrons. The molecule has 29 heavy (non-hydrogen) atoms. The molecule has 1 aromatic heterocycles. The van der Waals surface area contributed by atoms with Gasteiger partial charge in [0.25, 0.3) is 5.91 Å². The smallest absolute Gasteiger partial charge is 0.367 e. The molecule has 4 rings (SSSR count). The van der Waals surface area contributed by atoms with Crippen LogP contribution in [0.5, 0.6) is 0 Å². The zero-order chi connectivity index (χ0) is 20.4. The van der Waals surface area contributed by atoms with Crippen molar-refractivity contribution >= 4 is 17.3 Å². The second-order valence-corrected chi connectivity index (χ2v) is 6.87. The molecule has 1 amide bonds. The summed E-state index contributed by atoms with van der Waals surface area (Å²) >= 11 is 0. The molecule has 2 heterocycles. The van der Waals surface area contributed by atoms with E-state index in [-0.39, 0.29) is 11.4 Å². The number of hydrogen-bond donors (Lipinski definition) is 1. The van der Waals surface area contributed by atoms with Crippen molar-refractivity contribution in [1.82, 2.24) is 4.98 Å². The molecular formula is C22H18F3N3O. The van der Waals surface area contributed by atoms with E-state index in [2.05, 4.69) is 27.3 Å². The van der Waals surface area contributed by atoms with E-state index < -0.39 is 17.6 Å². The topological polar surface area (TPSA) is 45.2 Å². The minimum atomic E-state index is -4.47. The van der Waals surface area contributed by atoms with Crippen molar-refractivity contribution in [3.63, 3.8) is 0 Å². The highest BCUT2D eigenvalue weighted by atomic mass is 19.4. The van der Waals surface area contributed by atoms with Crippen LogP contribution < -0.4 is 10.2 Å². The molecule has 1 N–H and O–H groups in total. The van der Waals surface area contributed by atoms with Crippen LogP contribution in [0.15, 0.2) is 66.9 Å². The van der Waals surface area contributed by atoms with E-state index in [9.17, 15) is 18.0 Å². The van der Waals surface area contributed by atoms with Crippen LogP contribution in [0.3, 0.4) is 0 Å². The first kappa shape index (κ1) is 19.0. The molecule has 4 nitrogen and oxygen atoms in total. The van der Waals surface area contributed by atoms with Crippen LogP contribution in [0.1, 0.15) is 27.2 Å². The zero-order valence-electron chi connectivity index (χ0n) is 15.4. The van der Waals surface area contributed by atoms with Crippen molar-refractivity contribution in [2.24, 2.45) is 0 Å². The third-order valence-electron chi connectivity index (χ3n) is 4.92. The monoisotopic (exact) mass is 397 g/mol. The maximum Gasteiger partial charge on any atom is 0.416 e. The first-order valence-electron chi connectivity index (χ1n) is 9.16. The van der Waals surface area contributed by atoms with Crippen molar-refractivity contribution in [3.05, 3.63) is 89.2 Å². The fourth-order valence-corrected chi connectivity index (χ4v) is 3.42. The summed E-state index contributed by atoms with van der Waals surface area (Å²) < 4.78 is 38.6. The van der Waals surface area contributed by atoms with E-state index in [0.29, 0.717) is 0 Å². The Balaban J connectivity index is 1.51. The molecule has 0 fully saturated rings. The van der Waals surface area contributed by atoms with Gasteiger partial charge in [0.1, 0.15) is 5.69 Å². The Morgan fingerprint density at radius 2 is 1.79 bits per heavy atom. The highest BCUT2D eigenvalue weighted by Gasteiger charge is 2.30. The number of rotatable bonds is 3. The normalized spacial score (nSPS) is 13.7. The Kier molecular flexibility index (Phi) is 4.96. The van der Waals surface area contributed by atoms with Gasteiger partial charge < -0.3 is 10.2 Å². The minimum absolute atomic E-state index is 0.0731. The first-order valence-corrected chi connectivity index (χ1v) is 9.16. The average molecular weight is 397 g/mol. The fourth-order valence-electron chi connectivity index (χ4n) is 3.42. The molecule has 1 aliphatic heterocycles. The number of carbonyl (C=O) groups is 1. The Morgan fingerprint density at radius 1 is 1.00 bits per heavy atom. The quantitative estimate of drug-likeness (QED) is 0.683. The molecular weight excluding hydrogens is 379 g/mol. The Bertz CT molecular complexity index is 1050. The zero-order valence-corrected chi connectivity index (χ0v) is 15.4. The SMILES string of the molecule is O=C(Nc1cccc(C(F)(F)F)c1)c1cc(N2CCc3ccccc3C2)ccn1. The molecule has 7 heteroatoms. The molecule has 2 aromatic carbocycles. The number of hydrogen-bond acceptors (Lipinski definition) is 3. The number of carbonyl (C=O) groups excluding carboxylic acids is 1. The average Bonchev–Trinajstić information content (AvgIpc) is 2.73. The molecule has 1 aliphatic rings. The van der Waals surface area contributed by atoms with Crippen LogP contribution >= 0.6 is 0 Å². The van der Waals surface area contributed by atoms with Crippen LogP contribution in [0, 0.1) is 0 Å². The minimum Gasteiger partial charge on any atom is -0.367 e. The molecule has 148 valence electrons. The molecule has 0 unspecified atom stereocenters. The highest BCUT2D eigenvalue weighted by molar-refractivity contribution is 6.03. The largest absolute Gasteiger partial charge is 0.416 e. The van der Waals surface area contributed by atoms with Gasteiger partial charge in [0.15, 0.2) is 0 Å². The molecule has 0 saturated heterocycles. The Morgan fingerprint density at radius 3 is 2.59 bits per heavy atom. The second kappa shape index (κ2) is 7.58. The first-order chi connectivity index (χ1) is 13.9. The summed E-state index contributed by atoms with van der Waals surface area (Å²) in [5.74, 6) is -0.552. The van der Waals surface area contributed by atoms with Gasteiger partial charge in [0.05, 0.1) is 5.56 Å². The van der Waals surface area contributed by atoms with Gasteiger partial charge in [-0.2, -0.15) is 13.2 Å². The summed E-state index contributed by atoms with van der Waals surface area (Å²) in [6.45, 7) is 1.55. The second-order valence-electron chi connectivity index (χ2n) is 6.87. The number of aromatic nitrogens is 1. The maximum atomic E-state index is 12.9. The number of nitrogens with zero attached hydrogens (tertiary/aromatic N) is 2. The molecule has 0 aliphatic carbocycles. The van der Waals surface area contributed by atoms with Crippen molar-refractivity contribution in [2.75, 3.05) is 16.8 Å². The van der Waals surface area contributed by atoms with Gasteiger partial charge >= 0.3 is 6.18 Å². The van der Waals surface area contributed by atoms with E-state index in [1.807, 2.05) is 18.2 Å². The standard InChI is InChI=1S/C22H18F3N3O/c23-22(24,25)17-6-3-7-18(12-17)27-21(29)20-13-19(8-10-26-20)28-11-9-15-4-1-2-5-16(15)14-28/h1-8,10,12-13H,9,11,14H2,(H,27,29). The van der Waals surface area contributed by atoms with E-state index >= 15 is 0 Å². The fraction of sp³-hybridized carbons (Fsp3) is 0.182. The Labute approximate surface area is 166 Å². The lowest BCUT2D eigenvalue weighted by atomic mass is 9.99.